The largest absolute Gasteiger partial charge is 0.497 e. The molecule has 0 bridgehead atoms. The molecule has 0 spiro atoms. The third kappa shape index (κ3) is 3.71. The van der Waals surface area contributed by atoms with E-state index in [9.17, 15) is 0 Å². The van der Waals surface area contributed by atoms with Crippen molar-refractivity contribution in [2.24, 2.45) is 0 Å². The molecule has 0 heterocycles. The number of anilines is 2. The van der Waals surface area contributed by atoms with Crippen molar-refractivity contribution in [3.05, 3.63) is 53.6 Å². The predicted molar refractivity (Wildman–Crippen MR) is 88.8 cm³/mol. The normalized spacial score (nSPS) is 9.95. The number of methoxy groups -OCH3 is 1. The van der Waals surface area contributed by atoms with Crippen molar-refractivity contribution >= 4 is 28.7 Å². The van der Waals surface area contributed by atoms with Gasteiger partial charge in [-0.2, -0.15) is 0 Å². The van der Waals surface area contributed by atoms with E-state index in [1.165, 1.54) is 11.1 Å². The van der Waals surface area contributed by atoms with E-state index in [1.54, 1.807) is 7.11 Å². The molecule has 0 radical (unpaired) electrons. The number of ether oxygens (including phenoxy) is 1. The number of nitrogens with one attached hydrogen (secondary N) is 2. The van der Waals surface area contributed by atoms with Crippen molar-refractivity contribution in [2.45, 2.75) is 13.8 Å². The molecule has 2 N–H and O–H groups in total. The van der Waals surface area contributed by atoms with E-state index in [4.69, 9.17) is 17.0 Å². The highest BCUT2D eigenvalue weighted by molar-refractivity contribution is 7.80. The van der Waals surface area contributed by atoms with E-state index in [2.05, 4.69) is 36.6 Å². The average Bonchev–Trinajstić information content (AvgIpc) is 2.44. The van der Waals surface area contributed by atoms with Crippen LogP contribution in [-0.4, -0.2) is 12.2 Å². The molecule has 2 aromatic carbocycles. The summed E-state index contributed by atoms with van der Waals surface area (Å²) in [6.07, 6.45) is 0. The van der Waals surface area contributed by atoms with Gasteiger partial charge in [0.25, 0.3) is 0 Å². The quantitative estimate of drug-likeness (QED) is 0.832. The van der Waals surface area contributed by atoms with E-state index in [0.29, 0.717) is 5.11 Å². The second-order valence-electron chi connectivity index (χ2n) is 4.61. The number of benzene rings is 2. The van der Waals surface area contributed by atoms with Gasteiger partial charge in [0.1, 0.15) is 5.75 Å². The predicted octanol–water partition coefficient (Wildman–Crippen LogP) is 4.12. The Hall–Kier alpha value is -2.07. The first kappa shape index (κ1) is 14.3. The van der Waals surface area contributed by atoms with Crippen molar-refractivity contribution < 1.29 is 4.74 Å². The second kappa shape index (κ2) is 6.39. The van der Waals surface area contributed by atoms with Crippen LogP contribution < -0.4 is 15.4 Å². The van der Waals surface area contributed by atoms with Crippen molar-refractivity contribution in [3.8, 4) is 5.75 Å². The Balaban J connectivity index is 1.99. The summed E-state index contributed by atoms with van der Waals surface area (Å²) in [4.78, 5) is 0. The number of hydrogen-bond donors (Lipinski definition) is 2. The lowest BCUT2D eigenvalue weighted by molar-refractivity contribution is 0.415. The molecule has 2 aromatic rings. The van der Waals surface area contributed by atoms with E-state index in [0.717, 1.165) is 17.1 Å². The number of hydrogen-bond acceptors (Lipinski definition) is 2. The molecule has 4 heteroatoms. The summed E-state index contributed by atoms with van der Waals surface area (Å²) in [6.45, 7) is 4.17. The molecule has 20 heavy (non-hydrogen) atoms. The van der Waals surface area contributed by atoms with Gasteiger partial charge >= 0.3 is 0 Å². The maximum absolute atomic E-state index is 5.30. The van der Waals surface area contributed by atoms with Gasteiger partial charge in [-0.25, -0.2) is 0 Å². The van der Waals surface area contributed by atoms with Gasteiger partial charge in [-0.1, -0.05) is 6.07 Å². The summed E-state index contributed by atoms with van der Waals surface area (Å²) in [5, 5.41) is 6.88. The summed E-state index contributed by atoms with van der Waals surface area (Å²) in [6, 6.07) is 13.8. The maximum atomic E-state index is 5.30. The molecule has 0 aromatic heterocycles. The van der Waals surface area contributed by atoms with Crippen LogP contribution in [0.15, 0.2) is 42.5 Å². The highest BCUT2D eigenvalue weighted by Gasteiger charge is 2.01. The Labute approximate surface area is 125 Å². The third-order valence-corrected chi connectivity index (χ3v) is 3.32. The maximum Gasteiger partial charge on any atom is 0.175 e. The van der Waals surface area contributed by atoms with Crippen LogP contribution in [-0.2, 0) is 0 Å². The summed E-state index contributed by atoms with van der Waals surface area (Å²) in [7, 11) is 1.65. The van der Waals surface area contributed by atoms with Gasteiger partial charge in [-0.3, -0.25) is 0 Å². The Morgan fingerprint density at radius 1 is 0.900 bits per heavy atom. The van der Waals surface area contributed by atoms with E-state index in [1.807, 2.05) is 30.3 Å². The lowest BCUT2D eigenvalue weighted by atomic mass is 10.1. The van der Waals surface area contributed by atoms with Crippen LogP contribution in [0.5, 0.6) is 5.75 Å². The van der Waals surface area contributed by atoms with Crippen LogP contribution in [0.1, 0.15) is 11.1 Å². The monoisotopic (exact) mass is 286 g/mol. The van der Waals surface area contributed by atoms with E-state index >= 15 is 0 Å². The Morgan fingerprint density at radius 2 is 1.50 bits per heavy atom. The fraction of sp³-hybridized carbons (Fsp3) is 0.188. The van der Waals surface area contributed by atoms with Crippen LogP contribution in [0.2, 0.25) is 0 Å². The van der Waals surface area contributed by atoms with Gasteiger partial charge in [0.15, 0.2) is 5.11 Å². The third-order valence-electron chi connectivity index (χ3n) is 3.11. The highest BCUT2D eigenvalue weighted by Crippen LogP contribution is 2.17. The molecule has 0 aliphatic carbocycles. The van der Waals surface area contributed by atoms with E-state index < -0.39 is 0 Å². The van der Waals surface area contributed by atoms with Gasteiger partial charge in [0.2, 0.25) is 0 Å². The summed E-state index contributed by atoms with van der Waals surface area (Å²) < 4.78 is 5.12. The van der Waals surface area contributed by atoms with Crippen molar-refractivity contribution in [1.82, 2.24) is 0 Å². The van der Waals surface area contributed by atoms with Gasteiger partial charge in [0.05, 0.1) is 7.11 Å². The zero-order valence-electron chi connectivity index (χ0n) is 11.9. The SMILES string of the molecule is COc1ccc(NC(=S)Nc2ccc(C)c(C)c2)cc1. The van der Waals surface area contributed by atoms with E-state index in [-0.39, 0.29) is 0 Å². The van der Waals surface area contributed by atoms with Crippen LogP contribution in [0.25, 0.3) is 0 Å². The summed E-state index contributed by atoms with van der Waals surface area (Å²) in [5.74, 6) is 0.823. The molecule has 0 saturated heterocycles. The molecule has 2 rings (SSSR count). The molecule has 0 saturated carbocycles. The number of thiocarbonyl (C=S) groups is 1. The molecule has 0 atom stereocenters. The topological polar surface area (TPSA) is 33.3 Å². The fourth-order valence-corrected chi connectivity index (χ4v) is 2.02. The second-order valence-corrected chi connectivity index (χ2v) is 5.01. The summed E-state index contributed by atoms with van der Waals surface area (Å²) in [5.41, 5.74) is 4.41. The molecule has 0 aliphatic heterocycles. The van der Waals surface area contributed by atoms with Gasteiger partial charge in [0, 0.05) is 11.4 Å². The average molecular weight is 286 g/mol. The van der Waals surface area contributed by atoms with Gasteiger partial charge in [-0.15, -0.1) is 0 Å². The van der Waals surface area contributed by atoms with Crippen LogP contribution in [0.4, 0.5) is 11.4 Å². The van der Waals surface area contributed by atoms with Crippen molar-refractivity contribution in [2.75, 3.05) is 17.7 Å². The molecule has 0 fully saturated rings. The Bertz CT molecular complexity index is 608. The first-order valence-corrected chi connectivity index (χ1v) is 6.78. The van der Waals surface area contributed by atoms with Crippen LogP contribution >= 0.6 is 12.2 Å². The first-order valence-electron chi connectivity index (χ1n) is 6.38. The first-order chi connectivity index (χ1) is 9.58. The fourth-order valence-electron chi connectivity index (χ4n) is 1.79. The van der Waals surface area contributed by atoms with Gasteiger partial charge in [-0.05, 0) is 73.6 Å². The molecule has 0 aliphatic rings. The van der Waals surface area contributed by atoms with Crippen molar-refractivity contribution in [1.29, 1.82) is 0 Å². The van der Waals surface area contributed by atoms with Crippen LogP contribution in [0.3, 0.4) is 0 Å². The summed E-state index contributed by atoms with van der Waals surface area (Å²) >= 11 is 5.30. The highest BCUT2D eigenvalue weighted by atomic mass is 32.1. The molecular weight excluding hydrogens is 268 g/mol. The zero-order chi connectivity index (χ0) is 14.5. The molecule has 0 unspecified atom stereocenters. The molecular formula is C16H18N2OS. The lowest BCUT2D eigenvalue weighted by Gasteiger charge is -2.12. The standard InChI is InChI=1S/C16H18N2OS/c1-11-4-5-14(10-12(11)2)18-16(20)17-13-6-8-15(19-3)9-7-13/h4-10H,1-3H3,(H2,17,18,20). The smallest absolute Gasteiger partial charge is 0.175 e. The zero-order valence-corrected chi connectivity index (χ0v) is 12.7. The molecule has 3 nitrogen and oxygen atoms in total. The van der Waals surface area contributed by atoms with Gasteiger partial charge < -0.3 is 15.4 Å². The molecule has 104 valence electrons. The Morgan fingerprint density at radius 3 is 2.10 bits per heavy atom. The molecule has 0 amide bonds. The minimum atomic E-state index is 0.568. The minimum absolute atomic E-state index is 0.568. The van der Waals surface area contributed by atoms with Crippen LogP contribution in [0, 0.1) is 13.8 Å². The number of rotatable bonds is 3. The van der Waals surface area contributed by atoms with Crippen molar-refractivity contribution in [3.63, 3.8) is 0 Å². The Kier molecular flexibility index (Phi) is 4.58. The number of aryl methyl sites for hydroxylation is 2. The minimum Gasteiger partial charge on any atom is -0.497 e. The lowest BCUT2D eigenvalue weighted by Crippen LogP contribution is -2.19.